The second-order valence-electron chi connectivity index (χ2n) is 2.38. The van der Waals surface area contributed by atoms with Crippen molar-refractivity contribution in [1.29, 1.82) is 0 Å². The van der Waals surface area contributed by atoms with Crippen LogP contribution in [0, 0.1) is 6.92 Å². The molecule has 1 aromatic carbocycles. The van der Waals surface area contributed by atoms with E-state index in [4.69, 9.17) is 4.74 Å². The highest BCUT2D eigenvalue weighted by Crippen LogP contribution is 2.26. The normalized spacial score (nSPS) is 9.64. The highest BCUT2D eigenvalue weighted by atomic mass is 16.5. The van der Waals surface area contributed by atoms with Crippen LogP contribution in [-0.4, -0.2) is 6.61 Å². The molecule has 0 aliphatic carbocycles. The fourth-order valence-corrected chi connectivity index (χ4v) is 0.884. The maximum atomic E-state index is 11.0. The van der Waals surface area contributed by atoms with E-state index in [0.717, 1.165) is 5.56 Å². The molecule has 0 aliphatic heterocycles. The second-order valence-corrected chi connectivity index (χ2v) is 2.38. The summed E-state index contributed by atoms with van der Waals surface area (Å²) in [6.07, 6.45) is 0. The van der Waals surface area contributed by atoms with Gasteiger partial charge in [0.05, 0.1) is 6.61 Å². The molecule has 1 radical (unpaired) electrons. The molecule has 0 amide bonds. The number of hydrogen-bond donors (Lipinski definition) is 0. The largest absolute Gasteiger partial charge is 0.490 e. The highest BCUT2D eigenvalue weighted by Gasteiger charge is 2.01. The van der Waals surface area contributed by atoms with Gasteiger partial charge in [-0.2, -0.15) is 0 Å². The van der Waals surface area contributed by atoms with Gasteiger partial charge >= 0.3 is 0 Å². The number of aryl methyl sites for hydroxylation is 1. The third-order valence-corrected chi connectivity index (χ3v) is 1.40. The fourth-order valence-electron chi connectivity index (χ4n) is 0.884. The van der Waals surface area contributed by atoms with Crippen molar-refractivity contribution in [3.05, 3.63) is 23.8 Å². The van der Waals surface area contributed by atoms with E-state index in [-0.39, 0.29) is 5.75 Å². The molecule has 11 heavy (non-hydrogen) atoms. The molecule has 0 bridgehead atoms. The molecule has 0 saturated heterocycles. The monoisotopic (exact) mass is 151 g/mol. The summed E-state index contributed by atoms with van der Waals surface area (Å²) >= 11 is 0. The zero-order chi connectivity index (χ0) is 8.27. The Bertz CT molecular complexity index is 243. The van der Waals surface area contributed by atoms with E-state index < -0.39 is 0 Å². The van der Waals surface area contributed by atoms with E-state index in [2.05, 4.69) is 0 Å². The van der Waals surface area contributed by atoms with Gasteiger partial charge in [0.1, 0.15) is 0 Å². The standard InChI is InChI=1S/C9H11O2/c1-3-11-9-6-7(2)4-5-8(9)10/h4-6H,3H2,1-2H3. The molecular formula is C9H11O2. The molecular weight excluding hydrogens is 140 g/mol. The number of rotatable bonds is 2. The summed E-state index contributed by atoms with van der Waals surface area (Å²) in [5, 5.41) is 11.0. The number of hydrogen-bond acceptors (Lipinski definition) is 1. The van der Waals surface area contributed by atoms with Crippen LogP contribution in [0.15, 0.2) is 18.2 Å². The van der Waals surface area contributed by atoms with Crippen LogP contribution in [0.5, 0.6) is 11.5 Å². The van der Waals surface area contributed by atoms with Crippen LogP contribution in [-0.2, 0) is 5.11 Å². The molecule has 0 fully saturated rings. The van der Waals surface area contributed by atoms with Crippen molar-refractivity contribution in [2.24, 2.45) is 0 Å². The molecule has 2 nitrogen and oxygen atoms in total. The zero-order valence-corrected chi connectivity index (χ0v) is 6.76. The van der Waals surface area contributed by atoms with E-state index >= 15 is 0 Å². The second kappa shape index (κ2) is 3.28. The molecule has 0 N–H and O–H groups in total. The number of ether oxygens (including phenoxy) is 1. The Morgan fingerprint density at radius 2 is 2.18 bits per heavy atom. The lowest BCUT2D eigenvalue weighted by Crippen LogP contribution is -1.91. The van der Waals surface area contributed by atoms with Gasteiger partial charge in [0.15, 0.2) is 5.75 Å². The van der Waals surface area contributed by atoms with Crippen molar-refractivity contribution < 1.29 is 9.84 Å². The van der Waals surface area contributed by atoms with Gasteiger partial charge in [0.25, 0.3) is 0 Å². The van der Waals surface area contributed by atoms with Crippen molar-refractivity contribution in [1.82, 2.24) is 0 Å². The van der Waals surface area contributed by atoms with Gasteiger partial charge in [-0.15, -0.1) is 0 Å². The SMILES string of the molecule is CCOc1cc(C)ccc1[O]. The fraction of sp³-hybridized carbons (Fsp3) is 0.333. The van der Waals surface area contributed by atoms with Crippen molar-refractivity contribution in [3.63, 3.8) is 0 Å². The van der Waals surface area contributed by atoms with Gasteiger partial charge < -0.3 is 4.74 Å². The van der Waals surface area contributed by atoms with E-state index in [1.54, 1.807) is 12.1 Å². The Balaban J connectivity index is 2.93. The first-order valence-electron chi connectivity index (χ1n) is 3.64. The summed E-state index contributed by atoms with van der Waals surface area (Å²) in [4.78, 5) is 0. The van der Waals surface area contributed by atoms with Gasteiger partial charge in [-0.3, -0.25) is 5.11 Å². The zero-order valence-electron chi connectivity index (χ0n) is 6.76. The molecule has 0 saturated carbocycles. The first kappa shape index (κ1) is 7.92. The Labute approximate surface area is 66.4 Å². The Morgan fingerprint density at radius 1 is 1.45 bits per heavy atom. The first-order chi connectivity index (χ1) is 5.24. The van der Waals surface area contributed by atoms with Crippen LogP contribution < -0.4 is 4.74 Å². The molecule has 1 rings (SSSR count). The molecule has 0 aliphatic rings. The van der Waals surface area contributed by atoms with E-state index in [9.17, 15) is 5.11 Å². The molecule has 0 aromatic heterocycles. The Hall–Kier alpha value is -1.18. The molecule has 0 unspecified atom stereocenters. The van der Waals surface area contributed by atoms with Gasteiger partial charge in [-0.05, 0) is 31.5 Å². The summed E-state index contributed by atoms with van der Waals surface area (Å²) in [7, 11) is 0. The predicted molar refractivity (Wildman–Crippen MR) is 42.5 cm³/mol. The van der Waals surface area contributed by atoms with Crippen LogP contribution in [0.1, 0.15) is 12.5 Å². The van der Waals surface area contributed by atoms with Crippen LogP contribution in [0.2, 0.25) is 0 Å². The van der Waals surface area contributed by atoms with Crippen molar-refractivity contribution in [3.8, 4) is 11.5 Å². The molecule has 2 heteroatoms. The first-order valence-corrected chi connectivity index (χ1v) is 3.64. The minimum atomic E-state index is -0.0440. The van der Waals surface area contributed by atoms with Crippen molar-refractivity contribution in [2.75, 3.05) is 6.61 Å². The maximum absolute atomic E-state index is 11.0. The molecule has 59 valence electrons. The third kappa shape index (κ3) is 1.87. The lowest BCUT2D eigenvalue weighted by atomic mass is 10.2. The molecule has 0 spiro atoms. The van der Waals surface area contributed by atoms with Crippen LogP contribution in [0.4, 0.5) is 0 Å². The molecule has 0 atom stereocenters. The summed E-state index contributed by atoms with van der Waals surface area (Å²) in [6, 6.07) is 5.07. The average Bonchev–Trinajstić information content (AvgIpc) is 1.98. The van der Waals surface area contributed by atoms with Crippen molar-refractivity contribution >= 4 is 0 Å². The third-order valence-electron chi connectivity index (χ3n) is 1.40. The summed E-state index contributed by atoms with van der Waals surface area (Å²) in [6.45, 7) is 4.34. The maximum Gasteiger partial charge on any atom is 0.220 e. The topological polar surface area (TPSA) is 29.1 Å². The quantitative estimate of drug-likeness (QED) is 0.638. The van der Waals surface area contributed by atoms with E-state index in [1.165, 1.54) is 6.07 Å². The lowest BCUT2D eigenvalue weighted by Gasteiger charge is -2.03. The Morgan fingerprint density at radius 3 is 2.82 bits per heavy atom. The van der Waals surface area contributed by atoms with Gasteiger partial charge in [0, 0.05) is 0 Å². The van der Waals surface area contributed by atoms with Crippen LogP contribution in [0.25, 0.3) is 0 Å². The van der Waals surface area contributed by atoms with Crippen molar-refractivity contribution in [2.45, 2.75) is 13.8 Å². The van der Waals surface area contributed by atoms with Gasteiger partial charge in [-0.25, -0.2) is 0 Å². The predicted octanol–water partition coefficient (Wildman–Crippen LogP) is 2.54. The summed E-state index contributed by atoms with van der Waals surface area (Å²) in [5.74, 6) is 0.407. The molecule has 1 aromatic rings. The average molecular weight is 151 g/mol. The van der Waals surface area contributed by atoms with Crippen LogP contribution >= 0.6 is 0 Å². The minimum absolute atomic E-state index is 0.0440. The van der Waals surface area contributed by atoms with E-state index in [1.807, 2.05) is 13.8 Å². The molecule has 0 heterocycles. The lowest BCUT2D eigenvalue weighted by molar-refractivity contribution is 0.287. The van der Waals surface area contributed by atoms with Crippen LogP contribution in [0.3, 0.4) is 0 Å². The summed E-state index contributed by atoms with van der Waals surface area (Å²) in [5.41, 5.74) is 1.05. The summed E-state index contributed by atoms with van der Waals surface area (Å²) < 4.78 is 5.10. The highest BCUT2D eigenvalue weighted by molar-refractivity contribution is 5.41. The van der Waals surface area contributed by atoms with E-state index in [0.29, 0.717) is 12.4 Å². The Kier molecular flexibility index (Phi) is 2.36. The smallest absolute Gasteiger partial charge is 0.220 e. The van der Waals surface area contributed by atoms with Gasteiger partial charge in [-0.1, -0.05) is 6.07 Å². The minimum Gasteiger partial charge on any atom is -0.490 e. The number of benzene rings is 1. The van der Waals surface area contributed by atoms with Gasteiger partial charge in [0.2, 0.25) is 5.75 Å².